The van der Waals surface area contributed by atoms with Gasteiger partial charge in [-0.2, -0.15) is 0 Å². The summed E-state index contributed by atoms with van der Waals surface area (Å²) < 4.78 is 18.7. The maximum atomic E-state index is 13.5. The highest BCUT2D eigenvalue weighted by molar-refractivity contribution is 5.70. The van der Waals surface area contributed by atoms with Crippen molar-refractivity contribution in [1.82, 2.24) is 9.97 Å². The molecule has 0 atom stereocenters. The number of rotatable bonds is 3. The van der Waals surface area contributed by atoms with Crippen LogP contribution in [-0.2, 0) is 0 Å². The highest BCUT2D eigenvalue weighted by Crippen LogP contribution is 2.22. The summed E-state index contributed by atoms with van der Waals surface area (Å²) in [5.74, 6) is -0.256. The fourth-order valence-corrected chi connectivity index (χ4v) is 1.24. The van der Waals surface area contributed by atoms with Crippen LogP contribution in [0.5, 0.6) is 11.6 Å². The van der Waals surface area contributed by atoms with E-state index in [0.29, 0.717) is 6.29 Å². The van der Waals surface area contributed by atoms with Crippen molar-refractivity contribution in [3.8, 4) is 11.6 Å². The molecule has 0 radical (unpaired) electrons. The number of hydrogen-bond acceptors (Lipinski definition) is 4. The third-order valence-corrected chi connectivity index (χ3v) is 2.07. The first-order valence-corrected chi connectivity index (χ1v) is 4.90. The molecule has 0 spiro atoms. The van der Waals surface area contributed by atoms with E-state index in [9.17, 15) is 9.18 Å². The molecule has 1 heterocycles. The lowest BCUT2D eigenvalue weighted by molar-refractivity contribution is 0.111. The summed E-state index contributed by atoms with van der Waals surface area (Å²) in [4.78, 5) is 18.0. The molecule has 0 amide bonds. The smallest absolute Gasteiger partial charge is 0.238 e. The van der Waals surface area contributed by atoms with Crippen LogP contribution in [0.1, 0.15) is 16.1 Å². The highest BCUT2D eigenvalue weighted by atomic mass is 19.1. The number of benzene rings is 1. The quantitative estimate of drug-likeness (QED) is 0.763. The van der Waals surface area contributed by atoms with E-state index >= 15 is 0 Å². The number of aryl methyl sites for hydroxylation is 1. The van der Waals surface area contributed by atoms with Crippen molar-refractivity contribution in [1.29, 1.82) is 0 Å². The molecule has 17 heavy (non-hydrogen) atoms. The summed E-state index contributed by atoms with van der Waals surface area (Å²) in [6.07, 6.45) is 3.10. The molecule has 1 aromatic carbocycles. The first-order chi connectivity index (χ1) is 8.19. The van der Waals surface area contributed by atoms with Gasteiger partial charge in [0.1, 0.15) is 5.69 Å². The Kier molecular flexibility index (Phi) is 3.09. The number of carbonyl (C=O) groups is 1. The van der Waals surface area contributed by atoms with Crippen molar-refractivity contribution in [2.45, 2.75) is 6.92 Å². The first kappa shape index (κ1) is 11.2. The Morgan fingerprint density at radius 2 is 2.12 bits per heavy atom. The summed E-state index contributed by atoms with van der Waals surface area (Å²) in [5, 5.41) is 0. The summed E-state index contributed by atoms with van der Waals surface area (Å²) in [5.41, 5.74) is 0.999. The van der Waals surface area contributed by atoms with E-state index in [4.69, 9.17) is 4.74 Å². The van der Waals surface area contributed by atoms with Gasteiger partial charge in [-0.15, -0.1) is 0 Å². The zero-order valence-electron chi connectivity index (χ0n) is 9.05. The van der Waals surface area contributed by atoms with Gasteiger partial charge in [0.05, 0.1) is 12.4 Å². The molecule has 0 bridgehead atoms. The molecule has 2 rings (SSSR count). The van der Waals surface area contributed by atoms with Crippen molar-refractivity contribution in [2.24, 2.45) is 0 Å². The minimum absolute atomic E-state index is 0.0729. The number of halogens is 1. The SMILES string of the molecule is Cc1ccc(Oc2cnc(C=O)cn2)c(F)c1. The van der Waals surface area contributed by atoms with Crippen LogP contribution in [0.3, 0.4) is 0 Å². The average Bonchev–Trinajstić information content (AvgIpc) is 2.34. The summed E-state index contributed by atoms with van der Waals surface area (Å²) in [6.45, 7) is 1.78. The van der Waals surface area contributed by atoms with Crippen molar-refractivity contribution in [3.05, 3.63) is 47.7 Å². The van der Waals surface area contributed by atoms with Crippen molar-refractivity contribution in [2.75, 3.05) is 0 Å². The third-order valence-electron chi connectivity index (χ3n) is 2.07. The van der Waals surface area contributed by atoms with E-state index < -0.39 is 5.82 Å². The maximum absolute atomic E-state index is 13.5. The van der Waals surface area contributed by atoms with Crippen LogP contribution in [0.4, 0.5) is 4.39 Å². The number of nitrogens with zero attached hydrogens (tertiary/aromatic N) is 2. The van der Waals surface area contributed by atoms with Gasteiger partial charge in [-0.05, 0) is 24.6 Å². The Balaban J connectivity index is 2.22. The van der Waals surface area contributed by atoms with Gasteiger partial charge in [-0.1, -0.05) is 6.07 Å². The Hall–Kier alpha value is -2.30. The molecule has 0 N–H and O–H groups in total. The zero-order valence-corrected chi connectivity index (χ0v) is 9.05. The standard InChI is InChI=1S/C12H9FN2O2/c1-8-2-3-11(10(13)4-8)17-12-6-14-9(7-16)5-15-12/h2-7H,1H3. The van der Waals surface area contributed by atoms with Crippen LogP contribution >= 0.6 is 0 Å². The van der Waals surface area contributed by atoms with E-state index in [-0.39, 0.29) is 17.3 Å². The van der Waals surface area contributed by atoms with Gasteiger partial charge in [0.2, 0.25) is 5.88 Å². The van der Waals surface area contributed by atoms with Crippen molar-refractivity contribution < 1.29 is 13.9 Å². The second kappa shape index (κ2) is 4.69. The Labute approximate surface area is 97.1 Å². The second-order valence-corrected chi connectivity index (χ2v) is 3.43. The molecule has 1 aromatic heterocycles. The normalized spacial score (nSPS) is 10.0. The Bertz CT molecular complexity index is 541. The van der Waals surface area contributed by atoms with Gasteiger partial charge >= 0.3 is 0 Å². The largest absolute Gasteiger partial charge is 0.434 e. The van der Waals surface area contributed by atoms with Crippen LogP contribution < -0.4 is 4.74 Å². The summed E-state index contributed by atoms with van der Waals surface area (Å²) in [7, 11) is 0. The van der Waals surface area contributed by atoms with Crippen LogP contribution in [0.25, 0.3) is 0 Å². The third kappa shape index (κ3) is 2.63. The van der Waals surface area contributed by atoms with Crippen molar-refractivity contribution in [3.63, 3.8) is 0 Å². The molecule has 0 fully saturated rings. The van der Waals surface area contributed by atoms with Crippen LogP contribution in [-0.4, -0.2) is 16.3 Å². The van der Waals surface area contributed by atoms with E-state index in [1.807, 2.05) is 0 Å². The van der Waals surface area contributed by atoms with Gasteiger partial charge in [0.25, 0.3) is 0 Å². The van der Waals surface area contributed by atoms with E-state index in [2.05, 4.69) is 9.97 Å². The van der Waals surface area contributed by atoms with Crippen LogP contribution in [0.2, 0.25) is 0 Å². The Morgan fingerprint density at radius 1 is 1.29 bits per heavy atom. The molecule has 2 aromatic rings. The number of aromatic nitrogens is 2. The molecule has 0 aliphatic rings. The maximum Gasteiger partial charge on any atom is 0.238 e. The van der Waals surface area contributed by atoms with Gasteiger partial charge in [0.15, 0.2) is 17.9 Å². The number of aldehydes is 1. The second-order valence-electron chi connectivity index (χ2n) is 3.43. The molecule has 0 unspecified atom stereocenters. The van der Waals surface area contributed by atoms with Gasteiger partial charge in [0, 0.05) is 0 Å². The van der Waals surface area contributed by atoms with Gasteiger partial charge in [-0.25, -0.2) is 14.4 Å². The number of hydrogen-bond donors (Lipinski definition) is 0. The van der Waals surface area contributed by atoms with E-state index in [0.717, 1.165) is 5.56 Å². The summed E-state index contributed by atoms with van der Waals surface area (Å²) in [6, 6.07) is 4.61. The first-order valence-electron chi connectivity index (χ1n) is 4.90. The lowest BCUT2D eigenvalue weighted by atomic mass is 10.2. The molecule has 4 nitrogen and oxygen atoms in total. The van der Waals surface area contributed by atoms with Gasteiger partial charge < -0.3 is 4.74 Å². The molecule has 5 heteroatoms. The minimum Gasteiger partial charge on any atom is -0.434 e. The lowest BCUT2D eigenvalue weighted by Crippen LogP contribution is -1.94. The van der Waals surface area contributed by atoms with Crippen LogP contribution in [0, 0.1) is 12.7 Å². The molecule has 0 saturated carbocycles. The summed E-state index contributed by atoms with van der Waals surface area (Å²) >= 11 is 0. The molecular formula is C12H9FN2O2. The molecule has 0 saturated heterocycles. The van der Waals surface area contributed by atoms with Crippen LogP contribution in [0.15, 0.2) is 30.6 Å². The zero-order chi connectivity index (χ0) is 12.3. The number of carbonyl (C=O) groups excluding carboxylic acids is 1. The number of ether oxygens (including phenoxy) is 1. The monoisotopic (exact) mass is 232 g/mol. The molecular weight excluding hydrogens is 223 g/mol. The van der Waals surface area contributed by atoms with E-state index in [1.165, 1.54) is 24.5 Å². The Morgan fingerprint density at radius 3 is 2.71 bits per heavy atom. The predicted octanol–water partition coefficient (Wildman–Crippen LogP) is 2.53. The van der Waals surface area contributed by atoms with Crippen molar-refractivity contribution >= 4 is 6.29 Å². The molecule has 0 aliphatic heterocycles. The average molecular weight is 232 g/mol. The minimum atomic E-state index is -0.466. The fraction of sp³-hybridized carbons (Fsp3) is 0.0833. The predicted molar refractivity (Wildman–Crippen MR) is 58.6 cm³/mol. The van der Waals surface area contributed by atoms with Gasteiger partial charge in [-0.3, -0.25) is 4.79 Å². The topological polar surface area (TPSA) is 52.1 Å². The fourth-order valence-electron chi connectivity index (χ4n) is 1.24. The van der Waals surface area contributed by atoms with E-state index in [1.54, 1.807) is 13.0 Å². The molecule has 0 aliphatic carbocycles. The lowest BCUT2D eigenvalue weighted by Gasteiger charge is -2.05. The highest BCUT2D eigenvalue weighted by Gasteiger charge is 2.06. The molecule has 86 valence electrons.